The van der Waals surface area contributed by atoms with Crippen LogP contribution in [0.3, 0.4) is 0 Å². The van der Waals surface area contributed by atoms with Crippen molar-refractivity contribution in [2.24, 2.45) is 0 Å². The van der Waals surface area contributed by atoms with Crippen LogP contribution in [0.25, 0.3) is 0 Å². The fourth-order valence-electron chi connectivity index (χ4n) is 4.35. The maximum Gasteiger partial charge on any atom is 0.264 e. The Bertz CT molecular complexity index is 1400. The van der Waals surface area contributed by atoms with Crippen LogP contribution in [0, 0.1) is 6.92 Å². The predicted molar refractivity (Wildman–Crippen MR) is 164 cm³/mol. The molecule has 0 bridgehead atoms. The topological polar surface area (TPSA) is 86.8 Å². The lowest BCUT2D eigenvalue weighted by molar-refractivity contribution is -0.140. The number of amides is 2. The molecule has 3 rings (SSSR count). The second-order valence-electron chi connectivity index (χ2n) is 10.8. The van der Waals surface area contributed by atoms with Crippen LogP contribution in [0.4, 0.5) is 5.69 Å². The van der Waals surface area contributed by atoms with Crippen LogP contribution < -0.4 is 9.62 Å². The summed E-state index contributed by atoms with van der Waals surface area (Å²) >= 11 is 3.42. The largest absolute Gasteiger partial charge is 0.350 e. The molecular weight excluding hydrogens is 590 g/mol. The molecule has 9 heteroatoms. The van der Waals surface area contributed by atoms with Crippen LogP contribution in [0.5, 0.6) is 0 Å². The summed E-state index contributed by atoms with van der Waals surface area (Å²) in [6.45, 7) is 9.19. The Morgan fingerprint density at radius 3 is 2.17 bits per heavy atom. The van der Waals surface area contributed by atoms with Crippen LogP contribution in [0.1, 0.15) is 45.2 Å². The molecule has 3 aromatic rings. The summed E-state index contributed by atoms with van der Waals surface area (Å²) in [7, 11) is -4.10. The first-order chi connectivity index (χ1) is 18.8. The van der Waals surface area contributed by atoms with Gasteiger partial charge in [-0.15, -0.1) is 0 Å². The van der Waals surface area contributed by atoms with Gasteiger partial charge in [-0.25, -0.2) is 8.42 Å². The maximum atomic E-state index is 14.1. The van der Waals surface area contributed by atoms with E-state index in [1.54, 1.807) is 48.5 Å². The van der Waals surface area contributed by atoms with Crippen molar-refractivity contribution < 1.29 is 18.0 Å². The van der Waals surface area contributed by atoms with Gasteiger partial charge in [-0.3, -0.25) is 13.9 Å². The van der Waals surface area contributed by atoms with Gasteiger partial charge in [0.05, 0.1) is 10.6 Å². The first-order valence-corrected chi connectivity index (χ1v) is 15.6. The number of sulfonamides is 1. The normalized spacial score (nSPS) is 12.4. The van der Waals surface area contributed by atoms with Crippen LogP contribution in [-0.2, 0) is 26.0 Å². The summed E-state index contributed by atoms with van der Waals surface area (Å²) in [5.74, 6) is -0.727. The zero-order chi connectivity index (χ0) is 29.5. The highest BCUT2D eigenvalue weighted by Gasteiger charge is 2.34. The average Bonchev–Trinajstić information content (AvgIpc) is 2.89. The zero-order valence-corrected chi connectivity index (χ0v) is 26.1. The fraction of sp³-hybridized carbons (Fsp3) is 0.355. The SMILES string of the molecule is CC[C@H](C(=O)NC(C)(C)C)N(CCc1ccccc1)C(=O)CN(c1cccc(Br)c1)S(=O)(=O)c1ccc(C)cc1. The third-order valence-corrected chi connectivity index (χ3v) is 8.63. The number of carbonyl (C=O) groups is 2. The monoisotopic (exact) mass is 627 g/mol. The van der Waals surface area contributed by atoms with Crippen molar-refractivity contribution in [1.82, 2.24) is 10.2 Å². The second-order valence-corrected chi connectivity index (χ2v) is 13.6. The summed E-state index contributed by atoms with van der Waals surface area (Å²) < 4.78 is 29.6. The summed E-state index contributed by atoms with van der Waals surface area (Å²) in [6.07, 6.45) is 0.900. The Morgan fingerprint density at radius 1 is 0.950 bits per heavy atom. The van der Waals surface area contributed by atoms with Gasteiger partial charge in [0, 0.05) is 16.6 Å². The Morgan fingerprint density at radius 2 is 1.60 bits per heavy atom. The van der Waals surface area contributed by atoms with E-state index in [2.05, 4.69) is 21.2 Å². The first kappa shape index (κ1) is 31.4. The van der Waals surface area contributed by atoms with E-state index in [1.807, 2.05) is 65.0 Å². The molecule has 0 radical (unpaired) electrons. The van der Waals surface area contributed by atoms with Gasteiger partial charge >= 0.3 is 0 Å². The standard InChI is InChI=1S/C31H38BrN3O4S/c1-6-28(30(37)33-31(3,4)5)34(20-19-24-11-8-7-9-12-24)29(36)22-35(26-14-10-13-25(32)21-26)40(38,39)27-17-15-23(2)16-18-27/h7-18,21,28H,6,19-20,22H2,1-5H3,(H,33,37)/t28-/m1/s1. The van der Waals surface area contributed by atoms with E-state index in [-0.39, 0.29) is 17.3 Å². The Kier molecular flexibility index (Phi) is 10.6. The molecule has 1 N–H and O–H groups in total. The molecule has 1 atom stereocenters. The van der Waals surface area contributed by atoms with Crippen molar-refractivity contribution in [2.45, 2.75) is 63.9 Å². The lowest BCUT2D eigenvalue weighted by Gasteiger charge is -2.34. The zero-order valence-electron chi connectivity index (χ0n) is 23.7. The molecule has 0 unspecified atom stereocenters. The highest BCUT2D eigenvalue weighted by atomic mass is 79.9. The smallest absolute Gasteiger partial charge is 0.264 e. The van der Waals surface area contributed by atoms with E-state index in [0.29, 0.717) is 23.0 Å². The quantitative estimate of drug-likeness (QED) is 0.295. The molecule has 7 nitrogen and oxygen atoms in total. The third-order valence-electron chi connectivity index (χ3n) is 6.35. The van der Waals surface area contributed by atoms with Crippen LogP contribution in [0.2, 0.25) is 0 Å². The van der Waals surface area contributed by atoms with E-state index >= 15 is 0 Å². The lowest BCUT2D eigenvalue weighted by Crippen LogP contribution is -2.56. The van der Waals surface area contributed by atoms with Crippen molar-refractivity contribution >= 4 is 43.5 Å². The van der Waals surface area contributed by atoms with Crippen molar-refractivity contribution in [1.29, 1.82) is 0 Å². The van der Waals surface area contributed by atoms with E-state index in [0.717, 1.165) is 15.4 Å². The summed E-state index contributed by atoms with van der Waals surface area (Å²) in [6, 6.07) is 22.3. The van der Waals surface area contributed by atoms with Gasteiger partial charge in [-0.2, -0.15) is 0 Å². The minimum absolute atomic E-state index is 0.0826. The number of hydrogen-bond acceptors (Lipinski definition) is 4. The van der Waals surface area contributed by atoms with Crippen LogP contribution >= 0.6 is 15.9 Å². The number of halogens is 1. The summed E-state index contributed by atoms with van der Waals surface area (Å²) in [5.41, 5.74) is 1.79. The Labute approximate surface area is 246 Å². The van der Waals surface area contributed by atoms with Gasteiger partial charge in [0.25, 0.3) is 10.0 Å². The maximum absolute atomic E-state index is 14.1. The number of nitrogens with one attached hydrogen (secondary N) is 1. The number of anilines is 1. The highest BCUT2D eigenvalue weighted by molar-refractivity contribution is 9.10. The molecular formula is C31H38BrN3O4S. The van der Waals surface area contributed by atoms with Gasteiger partial charge in [0.2, 0.25) is 11.8 Å². The minimum atomic E-state index is -4.10. The second kappa shape index (κ2) is 13.5. The van der Waals surface area contributed by atoms with Gasteiger partial charge in [-0.1, -0.05) is 76.9 Å². The molecule has 0 aliphatic heterocycles. The lowest BCUT2D eigenvalue weighted by atomic mass is 10.1. The Balaban J connectivity index is 2.02. The van der Waals surface area contributed by atoms with E-state index < -0.39 is 34.1 Å². The highest BCUT2D eigenvalue weighted by Crippen LogP contribution is 2.27. The first-order valence-electron chi connectivity index (χ1n) is 13.3. The van der Waals surface area contributed by atoms with Crippen molar-refractivity contribution in [2.75, 3.05) is 17.4 Å². The fourth-order valence-corrected chi connectivity index (χ4v) is 6.14. The number of carbonyl (C=O) groups excluding carboxylic acids is 2. The van der Waals surface area contributed by atoms with Gasteiger partial charge in [0.15, 0.2) is 0 Å². The number of benzene rings is 3. The molecule has 0 heterocycles. The molecule has 3 aromatic carbocycles. The number of nitrogens with zero attached hydrogens (tertiary/aromatic N) is 2. The van der Waals surface area contributed by atoms with Crippen molar-refractivity contribution in [3.05, 3.63) is 94.5 Å². The third kappa shape index (κ3) is 8.41. The van der Waals surface area contributed by atoms with Gasteiger partial charge in [-0.05, 0) is 76.4 Å². The Hall–Kier alpha value is -3.17. The molecule has 0 spiro atoms. The van der Waals surface area contributed by atoms with Crippen molar-refractivity contribution in [3.63, 3.8) is 0 Å². The van der Waals surface area contributed by atoms with Gasteiger partial charge in [0.1, 0.15) is 12.6 Å². The molecule has 40 heavy (non-hydrogen) atoms. The molecule has 0 saturated heterocycles. The average molecular weight is 629 g/mol. The number of rotatable bonds is 11. The van der Waals surface area contributed by atoms with Crippen LogP contribution in [-0.4, -0.2) is 49.8 Å². The molecule has 0 aliphatic rings. The van der Waals surface area contributed by atoms with Crippen molar-refractivity contribution in [3.8, 4) is 0 Å². The predicted octanol–water partition coefficient (Wildman–Crippen LogP) is 5.72. The van der Waals surface area contributed by atoms with E-state index in [9.17, 15) is 18.0 Å². The molecule has 0 aliphatic carbocycles. The van der Waals surface area contributed by atoms with Crippen LogP contribution in [0.15, 0.2) is 88.2 Å². The van der Waals surface area contributed by atoms with E-state index in [1.165, 1.54) is 4.90 Å². The number of aryl methyl sites for hydroxylation is 1. The van der Waals surface area contributed by atoms with E-state index in [4.69, 9.17) is 0 Å². The van der Waals surface area contributed by atoms with Gasteiger partial charge < -0.3 is 10.2 Å². The molecule has 0 saturated carbocycles. The molecule has 0 fully saturated rings. The summed E-state index contributed by atoms with van der Waals surface area (Å²) in [5, 5.41) is 2.99. The minimum Gasteiger partial charge on any atom is -0.350 e. The molecule has 2 amide bonds. The molecule has 214 valence electrons. The summed E-state index contributed by atoms with van der Waals surface area (Å²) in [4.78, 5) is 29.0. The number of hydrogen-bond donors (Lipinski definition) is 1. The molecule has 0 aromatic heterocycles.